The Balaban J connectivity index is 1.81. The van der Waals surface area contributed by atoms with E-state index in [1.807, 2.05) is 11.4 Å². The number of rotatable bonds is 3. The van der Waals surface area contributed by atoms with Crippen molar-refractivity contribution in [2.24, 2.45) is 0 Å². The van der Waals surface area contributed by atoms with E-state index in [-0.39, 0.29) is 11.9 Å². The summed E-state index contributed by atoms with van der Waals surface area (Å²) in [5.41, 5.74) is 6.49. The first kappa shape index (κ1) is 14.3. The van der Waals surface area contributed by atoms with Crippen LogP contribution in [0.3, 0.4) is 0 Å². The molecule has 2 N–H and O–H groups in total. The molecule has 1 saturated heterocycles. The number of nitrogens with two attached hydrogens (primary N) is 1. The highest BCUT2D eigenvalue weighted by atomic mass is 32.1. The maximum Gasteiger partial charge on any atom is 0.166 e. The number of ether oxygens (including phenoxy) is 2. The summed E-state index contributed by atoms with van der Waals surface area (Å²) in [6.45, 7) is 1.08. The van der Waals surface area contributed by atoms with E-state index in [4.69, 9.17) is 15.2 Å². The average molecular weight is 331 g/mol. The minimum Gasteiger partial charge on any atom is -0.484 e. The first-order chi connectivity index (χ1) is 11.2. The molecule has 3 aromatic rings. The Morgan fingerprint density at radius 1 is 1.30 bits per heavy atom. The van der Waals surface area contributed by atoms with Crippen LogP contribution >= 0.6 is 11.3 Å². The van der Waals surface area contributed by atoms with Crippen LogP contribution < -0.4 is 10.5 Å². The Kier molecular flexibility index (Phi) is 3.59. The van der Waals surface area contributed by atoms with Gasteiger partial charge in [-0.2, -0.15) is 0 Å². The van der Waals surface area contributed by atoms with Crippen LogP contribution in [-0.4, -0.2) is 29.3 Å². The highest BCUT2D eigenvalue weighted by Gasteiger charge is 2.22. The highest BCUT2D eigenvalue weighted by molar-refractivity contribution is 7.16. The molecular weight excluding hydrogens is 317 g/mol. The average Bonchev–Trinajstić information content (AvgIpc) is 3.20. The van der Waals surface area contributed by atoms with Crippen molar-refractivity contribution in [3.63, 3.8) is 0 Å². The zero-order chi connectivity index (χ0) is 15.8. The van der Waals surface area contributed by atoms with Gasteiger partial charge in [-0.1, -0.05) is 6.07 Å². The molecule has 0 radical (unpaired) electrons. The third kappa shape index (κ3) is 2.62. The van der Waals surface area contributed by atoms with Gasteiger partial charge in [0.25, 0.3) is 0 Å². The maximum atomic E-state index is 14.3. The van der Waals surface area contributed by atoms with Gasteiger partial charge in [-0.05, 0) is 23.6 Å². The minimum atomic E-state index is -0.442. The van der Waals surface area contributed by atoms with Crippen LogP contribution in [0, 0.1) is 5.82 Å². The van der Waals surface area contributed by atoms with Crippen molar-refractivity contribution in [1.82, 2.24) is 9.97 Å². The Morgan fingerprint density at radius 3 is 3.04 bits per heavy atom. The third-order valence-corrected chi connectivity index (χ3v) is 4.54. The molecule has 0 amide bonds. The first-order valence-electron chi connectivity index (χ1n) is 7.26. The van der Waals surface area contributed by atoms with Crippen LogP contribution in [0.25, 0.3) is 21.6 Å². The number of para-hydroxylation sites is 1. The van der Waals surface area contributed by atoms with Crippen molar-refractivity contribution in [2.45, 2.75) is 12.5 Å². The van der Waals surface area contributed by atoms with Crippen LogP contribution in [0.15, 0.2) is 29.6 Å². The number of thiophene rings is 1. The number of hydrogen-bond donors (Lipinski definition) is 1. The summed E-state index contributed by atoms with van der Waals surface area (Å²) in [6.07, 6.45) is 0.578. The lowest BCUT2D eigenvalue weighted by molar-refractivity contribution is 0.138. The largest absolute Gasteiger partial charge is 0.484 e. The van der Waals surface area contributed by atoms with E-state index in [1.54, 1.807) is 12.1 Å². The normalized spacial score (nSPS) is 17.7. The van der Waals surface area contributed by atoms with Gasteiger partial charge in [-0.15, -0.1) is 11.3 Å². The molecule has 0 bridgehead atoms. The molecule has 3 heterocycles. The summed E-state index contributed by atoms with van der Waals surface area (Å²) in [6, 6.07) is 6.59. The fourth-order valence-electron chi connectivity index (χ4n) is 2.58. The Labute approximate surface area is 135 Å². The van der Waals surface area contributed by atoms with Crippen molar-refractivity contribution in [2.75, 3.05) is 18.9 Å². The van der Waals surface area contributed by atoms with E-state index < -0.39 is 5.82 Å². The molecule has 1 atom stereocenters. The summed E-state index contributed by atoms with van der Waals surface area (Å²) in [5, 5.41) is 2.71. The van der Waals surface area contributed by atoms with Gasteiger partial charge in [-0.25, -0.2) is 14.4 Å². The molecule has 1 unspecified atom stereocenters. The standard InChI is InChI=1S/C16H14FN3O2S/c17-12-3-1-2-10(13(12)22-9-4-6-21-8-9)15-19-14(18)11-5-7-23-16(11)20-15/h1-3,5,7,9H,4,6,8H2,(H2,18,19,20). The predicted molar refractivity (Wildman–Crippen MR) is 87.1 cm³/mol. The van der Waals surface area contributed by atoms with Crippen LogP contribution in [0.1, 0.15) is 6.42 Å². The van der Waals surface area contributed by atoms with Gasteiger partial charge < -0.3 is 15.2 Å². The number of hydrogen-bond acceptors (Lipinski definition) is 6. The van der Waals surface area contributed by atoms with E-state index in [0.717, 1.165) is 16.6 Å². The van der Waals surface area contributed by atoms with Gasteiger partial charge in [0, 0.05) is 6.42 Å². The molecule has 0 saturated carbocycles. The molecule has 7 heteroatoms. The molecule has 0 spiro atoms. The molecule has 23 heavy (non-hydrogen) atoms. The summed E-state index contributed by atoms with van der Waals surface area (Å²) in [4.78, 5) is 9.58. The predicted octanol–water partition coefficient (Wildman–Crippen LogP) is 3.25. The third-order valence-electron chi connectivity index (χ3n) is 3.73. The summed E-state index contributed by atoms with van der Waals surface area (Å²) < 4.78 is 25.4. The van der Waals surface area contributed by atoms with Gasteiger partial charge in [0.1, 0.15) is 16.8 Å². The zero-order valence-electron chi connectivity index (χ0n) is 12.2. The van der Waals surface area contributed by atoms with E-state index in [0.29, 0.717) is 30.4 Å². The molecule has 118 valence electrons. The van der Waals surface area contributed by atoms with Gasteiger partial charge >= 0.3 is 0 Å². The Morgan fingerprint density at radius 2 is 2.22 bits per heavy atom. The van der Waals surface area contributed by atoms with E-state index in [9.17, 15) is 4.39 Å². The van der Waals surface area contributed by atoms with Gasteiger partial charge in [0.2, 0.25) is 0 Å². The van der Waals surface area contributed by atoms with Gasteiger partial charge in [-0.3, -0.25) is 0 Å². The van der Waals surface area contributed by atoms with Crippen molar-refractivity contribution in [3.05, 3.63) is 35.5 Å². The number of aromatic nitrogens is 2. The van der Waals surface area contributed by atoms with Crippen LogP contribution in [0.4, 0.5) is 10.2 Å². The van der Waals surface area contributed by atoms with E-state index in [1.165, 1.54) is 17.4 Å². The summed E-state index contributed by atoms with van der Waals surface area (Å²) in [5.74, 6) is 0.456. The number of nitrogens with zero attached hydrogens (tertiary/aromatic N) is 2. The molecule has 1 aliphatic heterocycles. The van der Waals surface area contributed by atoms with Crippen LogP contribution in [-0.2, 0) is 4.74 Å². The minimum absolute atomic E-state index is 0.151. The molecule has 1 fully saturated rings. The van der Waals surface area contributed by atoms with E-state index >= 15 is 0 Å². The van der Waals surface area contributed by atoms with Crippen molar-refractivity contribution in [1.29, 1.82) is 0 Å². The van der Waals surface area contributed by atoms with E-state index in [2.05, 4.69) is 9.97 Å². The molecule has 4 rings (SSSR count). The Bertz CT molecular complexity index is 862. The fraction of sp³-hybridized carbons (Fsp3) is 0.250. The van der Waals surface area contributed by atoms with Gasteiger partial charge in [0.05, 0.1) is 24.2 Å². The topological polar surface area (TPSA) is 70.3 Å². The van der Waals surface area contributed by atoms with Gasteiger partial charge in [0.15, 0.2) is 17.4 Å². The summed E-state index contributed by atoms with van der Waals surface area (Å²) >= 11 is 1.47. The fourth-order valence-corrected chi connectivity index (χ4v) is 3.35. The SMILES string of the molecule is Nc1nc(-c2cccc(F)c2OC2CCOC2)nc2sccc12. The van der Waals surface area contributed by atoms with Crippen molar-refractivity contribution >= 4 is 27.4 Å². The number of halogens is 1. The molecular formula is C16H14FN3O2S. The van der Waals surface area contributed by atoms with Crippen molar-refractivity contribution < 1.29 is 13.9 Å². The van der Waals surface area contributed by atoms with Crippen LogP contribution in [0.5, 0.6) is 5.75 Å². The number of nitrogen functional groups attached to an aromatic ring is 1. The molecule has 1 aromatic carbocycles. The number of benzene rings is 1. The van der Waals surface area contributed by atoms with Crippen LogP contribution in [0.2, 0.25) is 0 Å². The lowest BCUT2D eigenvalue weighted by Gasteiger charge is -2.16. The lowest BCUT2D eigenvalue weighted by Crippen LogP contribution is -2.17. The number of anilines is 1. The zero-order valence-corrected chi connectivity index (χ0v) is 13.0. The maximum absolute atomic E-state index is 14.3. The molecule has 1 aliphatic rings. The molecule has 0 aliphatic carbocycles. The first-order valence-corrected chi connectivity index (χ1v) is 8.14. The second kappa shape index (κ2) is 5.75. The second-order valence-electron chi connectivity index (χ2n) is 5.29. The highest BCUT2D eigenvalue weighted by Crippen LogP contribution is 2.34. The Hall–Kier alpha value is -2.25. The smallest absolute Gasteiger partial charge is 0.166 e. The second-order valence-corrected chi connectivity index (χ2v) is 6.19. The molecule has 2 aromatic heterocycles. The quantitative estimate of drug-likeness (QED) is 0.798. The summed E-state index contributed by atoms with van der Waals surface area (Å²) in [7, 11) is 0. The number of fused-ring (bicyclic) bond motifs is 1. The molecule has 5 nitrogen and oxygen atoms in total. The monoisotopic (exact) mass is 331 g/mol. The van der Waals surface area contributed by atoms with Crippen molar-refractivity contribution in [3.8, 4) is 17.1 Å². The lowest BCUT2D eigenvalue weighted by atomic mass is 10.1.